The molecule has 2 aromatic rings. The summed E-state index contributed by atoms with van der Waals surface area (Å²) in [6.45, 7) is 0.00423. The summed E-state index contributed by atoms with van der Waals surface area (Å²) in [6.07, 6.45) is 0.333. The van der Waals surface area contributed by atoms with Gasteiger partial charge in [-0.05, 0) is 24.1 Å². The average molecular weight is 343 g/mol. The van der Waals surface area contributed by atoms with Crippen molar-refractivity contribution in [1.29, 1.82) is 0 Å². The minimum absolute atomic E-state index is 0.00423. The molecule has 2 aromatic carbocycles. The van der Waals surface area contributed by atoms with Gasteiger partial charge in [-0.3, -0.25) is 9.59 Å². The standard InChI is InChI=1S/C19H21NO5/c1-24-15-9-6-10-16(25-2)17(15)18(21)20-12-14(19(22)23)11-13-7-4-3-5-8-13/h3-10,14H,11-12H2,1-2H3,(H,20,21)(H,22,23). The van der Waals surface area contributed by atoms with Crippen LogP contribution in [0.1, 0.15) is 15.9 Å². The van der Waals surface area contributed by atoms with Crippen LogP contribution < -0.4 is 14.8 Å². The number of carboxylic acids is 1. The predicted octanol–water partition coefficient (Wildman–Crippen LogP) is 2.38. The van der Waals surface area contributed by atoms with E-state index in [4.69, 9.17) is 9.47 Å². The normalized spacial score (nSPS) is 11.4. The van der Waals surface area contributed by atoms with Crippen LogP contribution in [0.4, 0.5) is 0 Å². The minimum Gasteiger partial charge on any atom is -0.496 e. The van der Waals surface area contributed by atoms with Crippen molar-refractivity contribution in [1.82, 2.24) is 5.32 Å². The van der Waals surface area contributed by atoms with E-state index in [9.17, 15) is 14.7 Å². The molecule has 0 spiro atoms. The lowest BCUT2D eigenvalue weighted by Crippen LogP contribution is -2.34. The molecule has 0 saturated heterocycles. The molecular weight excluding hydrogens is 322 g/mol. The second kappa shape index (κ2) is 8.73. The van der Waals surface area contributed by atoms with Crippen LogP contribution in [-0.2, 0) is 11.2 Å². The van der Waals surface area contributed by atoms with Gasteiger partial charge in [0.1, 0.15) is 17.1 Å². The van der Waals surface area contributed by atoms with Gasteiger partial charge in [0, 0.05) is 6.54 Å². The SMILES string of the molecule is COc1cccc(OC)c1C(=O)NCC(Cc1ccccc1)C(=O)O. The van der Waals surface area contributed by atoms with E-state index in [2.05, 4.69) is 5.32 Å². The van der Waals surface area contributed by atoms with Crippen LogP contribution in [-0.4, -0.2) is 37.7 Å². The number of rotatable bonds is 8. The molecule has 1 unspecified atom stereocenters. The second-order valence-corrected chi connectivity index (χ2v) is 5.47. The molecule has 132 valence electrons. The quantitative estimate of drug-likeness (QED) is 0.769. The van der Waals surface area contributed by atoms with Crippen LogP contribution in [0.3, 0.4) is 0 Å². The van der Waals surface area contributed by atoms with Gasteiger partial charge in [0.2, 0.25) is 0 Å². The average Bonchev–Trinajstić information content (AvgIpc) is 2.64. The Balaban J connectivity index is 2.10. The molecule has 0 aliphatic carbocycles. The highest BCUT2D eigenvalue weighted by Gasteiger charge is 2.22. The number of nitrogens with one attached hydrogen (secondary N) is 1. The zero-order valence-corrected chi connectivity index (χ0v) is 14.2. The Kier molecular flexibility index (Phi) is 6.39. The van der Waals surface area contributed by atoms with E-state index >= 15 is 0 Å². The second-order valence-electron chi connectivity index (χ2n) is 5.47. The third-order valence-electron chi connectivity index (χ3n) is 3.84. The molecule has 2 rings (SSSR count). The molecule has 25 heavy (non-hydrogen) atoms. The molecule has 0 heterocycles. The number of aliphatic carboxylic acids is 1. The van der Waals surface area contributed by atoms with Gasteiger partial charge < -0.3 is 19.9 Å². The monoisotopic (exact) mass is 343 g/mol. The molecule has 0 bridgehead atoms. The lowest BCUT2D eigenvalue weighted by Gasteiger charge is -2.16. The first-order valence-electron chi connectivity index (χ1n) is 7.82. The number of hydrogen-bond acceptors (Lipinski definition) is 4. The summed E-state index contributed by atoms with van der Waals surface area (Å²) in [7, 11) is 2.92. The zero-order chi connectivity index (χ0) is 18.2. The van der Waals surface area contributed by atoms with Crippen molar-refractivity contribution >= 4 is 11.9 Å². The summed E-state index contributed by atoms with van der Waals surface area (Å²) in [5, 5.41) is 12.1. The predicted molar refractivity (Wildman–Crippen MR) is 93.2 cm³/mol. The van der Waals surface area contributed by atoms with E-state index in [-0.39, 0.29) is 12.1 Å². The summed E-state index contributed by atoms with van der Waals surface area (Å²) in [5.74, 6) is -1.39. The van der Waals surface area contributed by atoms with Gasteiger partial charge in [0.15, 0.2) is 0 Å². The van der Waals surface area contributed by atoms with Gasteiger partial charge in [-0.2, -0.15) is 0 Å². The summed E-state index contributed by atoms with van der Waals surface area (Å²) in [6, 6.07) is 14.3. The van der Waals surface area contributed by atoms with Crippen molar-refractivity contribution in [3.63, 3.8) is 0 Å². The maximum Gasteiger partial charge on any atom is 0.308 e. The van der Waals surface area contributed by atoms with Crippen LogP contribution >= 0.6 is 0 Å². The van der Waals surface area contributed by atoms with Crippen molar-refractivity contribution in [2.24, 2.45) is 5.92 Å². The third kappa shape index (κ3) is 4.73. The van der Waals surface area contributed by atoms with Crippen molar-refractivity contribution in [3.8, 4) is 11.5 Å². The lowest BCUT2D eigenvalue weighted by atomic mass is 9.99. The molecule has 6 heteroatoms. The summed E-state index contributed by atoms with van der Waals surface area (Å²) >= 11 is 0. The summed E-state index contributed by atoms with van der Waals surface area (Å²) in [4.78, 5) is 24.0. The van der Waals surface area contributed by atoms with E-state index < -0.39 is 17.8 Å². The highest BCUT2D eigenvalue weighted by atomic mass is 16.5. The molecule has 1 atom stereocenters. The number of carboxylic acid groups (broad SMARTS) is 1. The van der Waals surface area contributed by atoms with E-state index in [1.807, 2.05) is 30.3 Å². The third-order valence-corrected chi connectivity index (χ3v) is 3.84. The number of carbonyl (C=O) groups is 2. The molecule has 0 aliphatic rings. The Morgan fingerprint density at radius 2 is 1.60 bits per heavy atom. The number of carbonyl (C=O) groups excluding carboxylic acids is 1. The van der Waals surface area contributed by atoms with Crippen LogP contribution in [0, 0.1) is 5.92 Å². The van der Waals surface area contributed by atoms with Gasteiger partial charge in [-0.15, -0.1) is 0 Å². The molecule has 0 aromatic heterocycles. The van der Waals surface area contributed by atoms with Gasteiger partial charge in [-0.1, -0.05) is 36.4 Å². The molecule has 0 saturated carbocycles. The van der Waals surface area contributed by atoms with Crippen molar-refractivity contribution in [2.45, 2.75) is 6.42 Å². The van der Waals surface area contributed by atoms with Crippen molar-refractivity contribution in [2.75, 3.05) is 20.8 Å². The maximum atomic E-state index is 12.5. The Bertz CT molecular complexity index is 708. The Hall–Kier alpha value is -3.02. The number of ether oxygens (including phenoxy) is 2. The van der Waals surface area contributed by atoms with Crippen LogP contribution in [0.25, 0.3) is 0 Å². The van der Waals surface area contributed by atoms with Gasteiger partial charge in [0.05, 0.1) is 20.1 Å². The van der Waals surface area contributed by atoms with E-state index in [0.29, 0.717) is 17.9 Å². The van der Waals surface area contributed by atoms with Crippen molar-refractivity contribution in [3.05, 3.63) is 59.7 Å². The molecule has 0 aliphatic heterocycles. The molecule has 0 radical (unpaired) electrons. The fourth-order valence-corrected chi connectivity index (χ4v) is 2.52. The maximum absolute atomic E-state index is 12.5. The molecule has 1 amide bonds. The van der Waals surface area contributed by atoms with E-state index in [1.165, 1.54) is 14.2 Å². The Labute approximate surface area is 146 Å². The fraction of sp³-hybridized carbons (Fsp3) is 0.263. The first kappa shape index (κ1) is 18.3. The number of benzene rings is 2. The Morgan fingerprint density at radius 1 is 1.00 bits per heavy atom. The summed E-state index contributed by atoms with van der Waals surface area (Å²) < 4.78 is 10.4. The smallest absolute Gasteiger partial charge is 0.308 e. The molecule has 6 nitrogen and oxygen atoms in total. The number of methoxy groups -OCH3 is 2. The highest BCUT2D eigenvalue weighted by molar-refractivity contribution is 5.99. The van der Waals surface area contributed by atoms with Gasteiger partial charge in [0.25, 0.3) is 5.91 Å². The largest absolute Gasteiger partial charge is 0.496 e. The minimum atomic E-state index is -0.962. The van der Waals surface area contributed by atoms with Gasteiger partial charge in [-0.25, -0.2) is 0 Å². The van der Waals surface area contributed by atoms with Crippen molar-refractivity contribution < 1.29 is 24.2 Å². The van der Waals surface area contributed by atoms with Crippen LogP contribution in [0.15, 0.2) is 48.5 Å². The Morgan fingerprint density at radius 3 is 2.12 bits per heavy atom. The first-order chi connectivity index (χ1) is 12.1. The summed E-state index contributed by atoms with van der Waals surface area (Å²) in [5.41, 5.74) is 1.15. The first-order valence-corrected chi connectivity index (χ1v) is 7.82. The molecule has 0 fully saturated rings. The van der Waals surface area contributed by atoms with Gasteiger partial charge >= 0.3 is 5.97 Å². The topological polar surface area (TPSA) is 84.9 Å². The lowest BCUT2D eigenvalue weighted by molar-refractivity contribution is -0.141. The number of hydrogen-bond donors (Lipinski definition) is 2. The molecular formula is C19H21NO5. The fourth-order valence-electron chi connectivity index (χ4n) is 2.52. The zero-order valence-electron chi connectivity index (χ0n) is 14.2. The molecule has 2 N–H and O–H groups in total. The van der Waals surface area contributed by atoms with E-state index in [0.717, 1.165) is 5.56 Å². The van der Waals surface area contributed by atoms with Crippen LogP contribution in [0.5, 0.6) is 11.5 Å². The van der Waals surface area contributed by atoms with Crippen LogP contribution in [0.2, 0.25) is 0 Å². The van der Waals surface area contributed by atoms with E-state index in [1.54, 1.807) is 18.2 Å². The number of amides is 1. The highest BCUT2D eigenvalue weighted by Crippen LogP contribution is 2.28.